The molecular formula is C30H28F3N5O4. The van der Waals surface area contributed by atoms with Crippen LogP contribution in [0.4, 0.5) is 13.2 Å². The van der Waals surface area contributed by atoms with E-state index in [1.807, 2.05) is 12.1 Å². The van der Waals surface area contributed by atoms with Gasteiger partial charge in [-0.1, -0.05) is 18.2 Å². The summed E-state index contributed by atoms with van der Waals surface area (Å²) in [6.07, 6.45) is 0.617. The summed E-state index contributed by atoms with van der Waals surface area (Å²) in [4.78, 5) is 26.7. The van der Waals surface area contributed by atoms with E-state index in [0.29, 0.717) is 31.1 Å². The highest BCUT2D eigenvalue weighted by Crippen LogP contribution is 2.28. The topological polar surface area (TPSA) is 103 Å². The summed E-state index contributed by atoms with van der Waals surface area (Å²) >= 11 is 0. The van der Waals surface area contributed by atoms with Gasteiger partial charge in [-0.25, -0.2) is 14.8 Å². The Morgan fingerprint density at radius 1 is 1.14 bits per heavy atom. The molecule has 3 aromatic heterocycles. The number of ether oxygens (including phenoxy) is 2. The van der Waals surface area contributed by atoms with E-state index in [9.17, 15) is 23.1 Å². The maximum atomic E-state index is 12.7. The summed E-state index contributed by atoms with van der Waals surface area (Å²) < 4.78 is 51.7. The minimum Gasteiger partial charge on any atom is -0.478 e. The summed E-state index contributed by atoms with van der Waals surface area (Å²) in [5, 5.41) is 9.48. The number of hydrogen-bond donors (Lipinski definition) is 1. The van der Waals surface area contributed by atoms with Gasteiger partial charge in [-0.3, -0.25) is 9.88 Å². The minimum absolute atomic E-state index is 0.0509. The molecule has 218 valence electrons. The van der Waals surface area contributed by atoms with Crippen LogP contribution in [0.3, 0.4) is 0 Å². The highest BCUT2D eigenvalue weighted by Gasteiger charge is 2.32. The van der Waals surface area contributed by atoms with Crippen molar-refractivity contribution in [3.8, 4) is 5.88 Å². The molecular weight excluding hydrogens is 551 g/mol. The van der Waals surface area contributed by atoms with Gasteiger partial charge < -0.3 is 19.1 Å². The van der Waals surface area contributed by atoms with Gasteiger partial charge in [-0.15, -0.1) is 0 Å². The van der Waals surface area contributed by atoms with E-state index in [0.717, 1.165) is 66.4 Å². The molecule has 1 aromatic carbocycles. The molecule has 0 bridgehead atoms. The first kappa shape index (κ1) is 27.9. The van der Waals surface area contributed by atoms with Crippen LogP contribution in [-0.2, 0) is 30.6 Å². The Hall–Kier alpha value is -4.29. The number of halogens is 3. The molecule has 9 nitrogen and oxygen atoms in total. The van der Waals surface area contributed by atoms with E-state index in [4.69, 9.17) is 14.5 Å². The van der Waals surface area contributed by atoms with Crippen LogP contribution in [0.1, 0.15) is 46.0 Å². The third-order valence-corrected chi connectivity index (χ3v) is 7.47. The highest BCUT2D eigenvalue weighted by molar-refractivity contribution is 5.92. The number of rotatable bonds is 9. The monoisotopic (exact) mass is 579 g/mol. The zero-order chi connectivity index (χ0) is 29.3. The summed E-state index contributed by atoms with van der Waals surface area (Å²) in [7, 11) is 0. The quantitative estimate of drug-likeness (QED) is 0.289. The molecule has 0 saturated carbocycles. The van der Waals surface area contributed by atoms with Gasteiger partial charge in [0, 0.05) is 37.5 Å². The molecule has 1 fully saturated rings. The van der Waals surface area contributed by atoms with Gasteiger partial charge in [0.1, 0.15) is 18.1 Å². The first-order valence-corrected chi connectivity index (χ1v) is 13.6. The van der Waals surface area contributed by atoms with Crippen LogP contribution >= 0.6 is 0 Å². The van der Waals surface area contributed by atoms with E-state index < -0.39 is 17.8 Å². The number of alkyl halides is 3. The number of pyridine rings is 2. The normalized spacial score (nSPS) is 17.6. The van der Waals surface area contributed by atoms with Crippen molar-refractivity contribution in [2.75, 3.05) is 19.7 Å². The number of benzene rings is 1. The zero-order valence-corrected chi connectivity index (χ0v) is 22.5. The first-order valence-electron chi connectivity index (χ1n) is 13.6. The van der Waals surface area contributed by atoms with Crippen molar-refractivity contribution in [3.63, 3.8) is 0 Å². The Kier molecular flexibility index (Phi) is 7.65. The molecule has 5 heterocycles. The number of carboxylic acid groups (broad SMARTS) is 1. The van der Waals surface area contributed by atoms with Gasteiger partial charge in [0.2, 0.25) is 5.88 Å². The van der Waals surface area contributed by atoms with Gasteiger partial charge in [-0.2, -0.15) is 13.2 Å². The maximum absolute atomic E-state index is 12.7. The molecule has 1 saturated heterocycles. The molecule has 2 aliphatic rings. The molecule has 12 heteroatoms. The lowest BCUT2D eigenvalue weighted by molar-refractivity contribution is -0.141. The second-order valence-electron chi connectivity index (χ2n) is 10.3. The number of hydrogen-bond acceptors (Lipinski definition) is 7. The maximum Gasteiger partial charge on any atom is 0.433 e. The van der Waals surface area contributed by atoms with Crippen LogP contribution in [0.2, 0.25) is 0 Å². The van der Waals surface area contributed by atoms with E-state index in [1.165, 1.54) is 6.07 Å². The number of nitrogens with zero attached hydrogens (tertiary/aromatic N) is 5. The fraction of sp³-hybridized carbons (Fsp3) is 0.333. The molecule has 0 spiro atoms. The highest BCUT2D eigenvalue weighted by atomic mass is 19.4. The summed E-state index contributed by atoms with van der Waals surface area (Å²) in [6, 6.07) is 12.7. The summed E-state index contributed by atoms with van der Waals surface area (Å²) in [5.41, 5.74) is 3.21. The third-order valence-electron chi connectivity index (χ3n) is 7.47. The summed E-state index contributed by atoms with van der Waals surface area (Å²) in [5.74, 6) is 0.272. The third kappa shape index (κ3) is 6.14. The van der Waals surface area contributed by atoms with Crippen LogP contribution in [-0.4, -0.2) is 61.3 Å². The van der Waals surface area contributed by atoms with Crippen molar-refractivity contribution in [1.82, 2.24) is 24.4 Å². The average Bonchev–Trinajstić information content (AvgIpc) is 3.30. The van der Waals surface area contributed by atoms with Crippen molar-refractivity contribution in [2.24, 2.45) is 0 Å². The Morgan fingerprint density at radius 2 is 2.00 bits per heavy atom. The number of aromatic nitrogens is 4. The van der Waals surface area contributed by atoms with Gasteiger partial charge in [0.05, 0.1) is 41.5 Å². The van der Waals surface area contributed by atoms with E-state index >= 15 is 0 Å². The molecule has 1 N–H and O–H groups in total. The largest absolute Gasteiger partial charge is 0.478 e. The van der Waals surface area contributed by atoms with Crippen molar-refractivity contribution in [1.29, 1.82) is 0 Å². The van der Waals surface area contributed by atoms with Crippen molar-refractivity contribution in [2.45, 2.75) is 44.8 Å². The molecule has 1 atom stereocenters. The van der Waals surface area contributed by atoms with E-state index in [-0.39, 0.29) is 18.3 Å². The van der Waals surface area contributed by atoms with E-state index in [2.05, 4.69) is 25.5 Å². The smallest absolute Gasteiger partial charge is 0.433 e. The standard InChI is InChI=1S/C30H28F3N5O4/c31-30(32,33)26-7-4-19(15-34-26)18-42-28-3-1-2-23(36-28)20-8-11-37(12-9-20)17-27-35-24-6-5-21(29(39)40)14-25(24)38(27)16-22-10-13-41-22/h1-8,14-15,22H,9-13,16-18H2,(H,39,40)/t22-/m0/s1. The number of fused-ring (bicyclic) bond motifs is 1. The van der Waals surface area contributed by atoms with Gasteiger partial charge in [0.25, 0.3) is 0 Å². The fourth-order valence-electron chi connectivity index (χ4n) is 5.06. The van der Waals surface area contributed by atoms with Crippen LogP contribution in [0.5, 0.6) is 5.88 Å². The lowest BCUT2D eigenvalue weighted by atomic mass is 10.0. The molecule has 2 aliphatic heterocycles. The van der Waals surface area contributed by atoms with Gasteiger partial charge in [-0.05, 0) is 48.7 Å². The molecule has 0 unspecified atom stereocenters. The second kappa shape index (κ2) is 11.5. The van der Waals surface area contributed by atoms with Crippen LogP contribution in [0.15, 0.2) is 60.8 Å². The Morgan fingerprint density at radius 3 is 2.67 bits per heavy atom. The lowest BCUT2D eigenvalue weighted by Gasteiger charge is -2.29. The SMILES string of the molecule is O=C(O)c1ccc2nc(CN3CC=C(c4cccc(OCc5ccc(C(F)(F)F)nc5)n4)CC3)n(C[C@@H]3CCO3)c2c1. The predicted octanol–water partition coefficient (Wildman–Crippen LogP) is 5.20. The number of carbonyl (C=O) groups is 1. The Balaban J connectivity index is 1.12. The number of carboxylic acids is 1. The first-order chi connectivity index (χ1) is 20.2. The minimum atomic E-state index is -4.48. The van der Waals surface area contributed by atoms with Crippen LogP contribution < -0.4 is 4.74 Å². The lowest BCUT2D eigenvalue weighted by Crippen LogP contribution is -2.33. The number of aromatic carboxylic acids is 1. The molecule has 0 amide bonds. The fourth-order valence-corrected chi connectivity index (χ4v) is 5.06. The van der Waals surface area contributed by atoms with E-state index in [1.54, 1.807) is 24.3 Å². The van der Waals surface area contributed by atoms with Gasteiger partial charge in [0.15, 0.2) is 0 Å². The molecule has 4 aromatic rings. The summed E-state index contributed by atoms with van der Waals surface area (Å²) in [6.45, 7) is 3.48. The molecule has 42 heavy (non-hydrogen) atoms. The molecule has 6 rings (SSSR count). The Bertz CT molecular complexity index is 1630. The second-order valence-corrected chi connectivity index (χ2v) is 10.3. The molecule has 0 aliphatic carbocycles. The Labute approximate surface area is 239 Å². The predicted molar refractivity (Wildman–Crippen MR) is 147 cm³/mol. The number of imidazole rings is 1. The zero-order valence-electron chi connectivity index (χ0n) is 22.5. The van der Waals surface area contributed by atoms with Crippen LogP contribution in [0.25, 0.3) is 16.6 Å². The average molecular weight is 580 g/mol. The molecule has 0 radical (unpaired) electrons. The van der Waals surface area contributed by atoms with Crippen molar-refractivity contribution < 1.29 is 32.5 Å². The van der Waals surface area contributed by atoms with Crippen LogP contribution in [0, 0.1) is 0 Å². The van der Waals surface area contributed by atoms with Gasteiger partial charge >= 0.3 is 12.1 Å². The van der Waals surface area contributed by atoms with Crippen molar-refractivity contribution >= 4 is 22.6 Å². The van der Waals surface area contributed by atoms with Crippen molar-refractivity contribution in [3.05, 3.63) is 89.1 Å².